The Balaban J connectivity index is -0.000000403. The Hall–Kier alpha value is 0.973. The summed E-state index contributed by atoms with van der Waals surface area (Å²) in [4.78, 5) is 0. The topological polar surface area (TPSA) is 0 Å². The summed E-state index contributed by atoms with van der Waals surface area (Å²) < 4.78 is 1.42. The van der Waals surface area contributed by atoms with E-state index in [0.29, 0.717) is 0 Å². The van der Waals surface area contributed by atoms with E-state index in [2.05, 4.69) is 52.9 Å². The van der Waals surface area contributed by atoms with E-state index in [9.17, 15) is 0 Å². The number of halogens is 3. The first-order valence-electron chi connectivity index (χ1n) is 3.92. The van der Waals surface area contributed by atoms with Crippen LogP contribution in [0.25, 0.3) is 0 Å². The Morgan fingerprint density at radius 1 is 0.857 bits per heavy atom. The van der Waals surface area contributed by atoms with Gasteiger partial charge < -0.3 is 37.2 Å². The van der Waals surface area contributed by atoms with Crippen molar-refractivity contribution in [3.05, 3.63) is 20.9 Å². The van der Waals surface area contributed by atoms with E-state index in [1.807, 2.05) is 0 Å². The maximum atomic E-state index is 3.07. The number of rotatable bonds is 0. The van der Waals surface area contributed by atoms with E-state index < -0.39 is 0 Å². The van der Waals surface area contributed by atoms with Crippen molar-refractivity contribution in [1.82, 2.24) is 0 Å². The van der Waals surface area contributed by atoms with E-state index >= 15 is 0 Å². The second-order valence-corrected chi connectivity index (χ2v) is 4.61. The summed E-state index contributed by atoms with van der Waals surface area (Å²) in [5.41, 5.74) is 4.68. The average Bonchev–Trinajstić information content (AvgIpc) is 2.06. The molecule has 0 aromatic heterocycles. The van der Waals surface area contributed by atoms with Crippen LogP contribution < -0.4 is 37.2 Å². The first kappa shape index (κ1) is 20.4. The van der Waals surface area contributed by atoms with Gasteiger partial charge in [0.05, 0.1) is 0 Å². The van der Waals surface area contributed by atoms with Crippen molar-refractivity contribution in [2.24, 2.45) is 5.41 Å². The van der Waals surface area contributed by atoms with E-state index in [1.54, 1.807) is 0 Å². The molecule has 0 radical (unpaired) electrons. The Kier molecular flexibility index (Phi) is 9.52. The molecule has 0 aromatic rings. The number of allylic oxidation sites excluding steroid dienone is 4. The minimum atomic E-state index is 0. The maximum Gasteiger partial charge on any atom is -1.00 e. The van der Waals surface area contributed by atoms with Crippen LogP contribution in [0.5, 0.6) is 0 Å². The SMILES string of the molecule is CC1=C(C)C(C)(C)[C]([Rh+3])=C1C.[Cl-].[Cl-].[Cl-]. The number of hydrogen-bond donors (Lipinski definition) is 0. The first-order valence-corrected chi connectivity index (χ1v) is 4.74. The van der Waals surface area contributed by atoms with Crippen LogP contribution in [0.4, 0.5) is 0 Å². The van der Waals surface area contributed by atoms with Gasteiger partial charge in [-0.05, 0) is 0 Å². The van der Waals surface area contributed by atoms with Gasteiger partial charge in [0.1, 0.15) is 0 Å². The zero-order chi connectivity index (χ0) is 8.81. The summed E-state index contributed by atoms with van der Waals surface area (Å²) in [5, 5.41) is 0. The summed E-state index contributed by atoms with van der Waals surface area (Å²) in [6.45, 7) is 11.2. The van der Waals surface area contributed by atoms with Crippen LogP contribution in [0, 0.1) is 5.41 Å². The van der Waals surface area contributed by atoms with Gasteiger partial charge in [0.2, 0.25) is 0 Å². The monoisotopic (exact) mass is 343 g/mol. The molecule has 0 saturated heterocycles. The molecular formula is C10H15Cl3Rh. The summed E-state index contributed by atoms with van der Waals surface area (Å²) in [5.74, 6) is 0. The van der Waals surface area contributed by atoms with Crippen LogP contribution in [0.2, 0.25) is 0 Å². The van der Waals surface area contributed by atoms with Gasteiger partial charge in [-0.2, -0.15) is 0 Å². The molecule has 1 rings (SSSR count). The zero-order valence-corrected chi connectivity index (χ0v) is 12.9. The largest absolute Gasteiger partial charge is 1.00 e. The molecule has 1 aliphatic carbocycles. The molecule has 0 bridgehead atoms. The summed E-state index contributed by atoms with van der Waals surface area (Å²) >= 11 is 3.07. The second kappa shape index (κ2) is 6.53. The molecule has 0 atom stereocenters. The summed E-state index contributed by atoms with van der Waals surface area (Å²) in [7, 11) is 0. The average molecular weight is 344 g/mol. The van der Waals surface area contributed by atoms with Crippen LogP contribution in [0.1, 0.15) is 34.6 Å². The molecule has 0 heterocycles. The fourth-order valence-electron chi connectivity index (χ4n) is 1.53. The molecule has 0 saturated carbocycles. The number of hydrogen-bond acceptors (Lipinski definition) is 0. The predicted molar refractivity (Wildman–Crippen MR) is 44.9 cm³/mol. The van der Waals surface area contributed by atoms with Gasteiger partial charge in [0.15, 0.2) is 0 Å². The quantitative estimate of drug-likeness (QED) is 0.384. The minimum Gasteiger partial charge on any atom is -1.00 e. The van der Waals surface area contributed by atoms with Crippen molar-refractivity contribution >= 4 is 0 Å². The molecule has 1 aliphatic rings. The fourth-order valence-corrected chi connectivity index (χ4v) is 2.15. The third-order valence-electron chi connectivity index (χ3n) is 2.90. The summed E-state index contributed by atoms with van der Waals surface area (Å²) in [6.07, 6.45) is 0. The first-order chi connectivity index (χ1) is 4.89. The van der Waals surface area contributed by atoms with E-state index in [4.69, 9.17) is 0 Å². The van der Waals surface area contributed by atoms with Crippen LogP contribution in [-0.2, 0) is 18.3 Å². The Morgan fingerprint density at radius 3 is 1.29 bits per heavy atom. The molecule has 0 fully saturated rings. The molecule has 0 aromatic carbocycles. The molecule has 0 amide bonds. The van der Waals surface area contributed by atoms with Crippen LogP contribution in [-0.4, -0.2) is 0 Å². The Labute approximate surface area is 116 Å². The molecule has 0 N–H and O–H groups in total. The Bertz CT molecular complexity index is 239. The van der Waals surface area contributed by atoms with Crippen molar-refractivity contribution in [2.45, 2.75) is 34.6 Å². The molecule has 85 valence electrons. The van der Waals surface area contributed by atoms with Crippen molar-refractivity contribution in [1.29, 1.82) is 0 Å². The van der Waals surface area contributed by atoms with Gasteiger partial charge in [0, 0.05) is 0 Å². The van der Waals surface area contributed by atoms with Crippen molar-refractivity contribution in [3.8, 4) is 0 Å². The van der Waals surface area contributed by atoms with Crippen LogP contribution in [0.15, 0.2) is 20.9 Å². The molecule has 0 spiro atoms. The molecular weight excluding hydrogens is 329 g/mol. The maximum absolute atomic E-state index is 3.07. The van der Waals surface area contributed by atoms with Gasteiger partial charge in [-0.3, -0.25) is 0 Å². The Morgan fingerprint density at radius 2 is 1.21 bits per heavy atom. The van der Waals surface area contributed by atoms with Crippen LogP contribution in [0.3, 0.4) is 0 Å². The predicted octanol–water partition coefficient (Wildman–Crippen LogP) is -5.80. The smallest absolute Gasteiger partial charge is 1.00 e. The van der Waals surface area contributed by atoms with E-state index in [0.717, 1.165) is 0 Å². The third kappa shape index (κ3) is 2.98. The normalized spacial score (nSPS) is 18.4. The molecule has 0 nitrogen and oxygen atoms in total. The van der Waals surface area contributed by atoms with Crippen LogP contribution >= 0.6 is 0 Å². The zero-order valence-electron chi connectivity index (χ0n) is 8.97. The standard InChI is InChI=1S/C10H15.3ClH.Rh/c1-7-6-10(4,5)9(3)8(7)2;;;;/h1-5H3;3*1H;/q;;;;+3/p-3. The van der Waals surface area contributed by atoms with E-state index in [1.165, 1.54) is 20.9 Å². The fraction of sp³-hybridized carbons (Fsp3) is 0.600. The van der Waals surface area contributed by atoms with Crippen molar-refractivity contribution in [3.63, 3.8) is 0 Å². The summed E-state index contributed by atoms with van der Waals surface area (Å²) in [6, 6.07) is 0. The second-order valence-electron chi connectivity index (χ2n) is 3.79. The van der Waals surface area contributed by atoms with Crippen molar-refractivity contribution < 1.29 is 55.5 Å². The molecule has 14 heavy (non-hydrogen) atoms. The van der Waals surface area contributed by atoms with Crippen molar-refractivity contribution in [2.75, 3.05) is 0 Å². The van der Waals surface area contributed by atoms with Gasteiger partial charge in [-0.25, -0.2) is 0 Å². The van der Waals surface area contributed by atoms with Gasteiger partial charge in [-0.1, -0.05) is 0 Å². The molecule has 0 unspecified atom stereocenters. The molecule has 4 heteroatoms. The third-order valence-corrected chi connectivity index (χ3v) is 4.53. The molecule has 0 aliphatic heterocycles. The minimum absolute atomic E-state index is 0. The van der Waals surface area contributed by atoms with Gasteiger partial charge in [-0.15, -0.1) is 0 Å². The van der Waals surface area contributed by atoms with Gasteiger partial charge in [0.25, 0.3) is 0 Å². The van der Waals surface area contributed by atoms with E-state index in [-0.39, 0.29) is 42.6 Å². The van der Waals surface area contributed by atoms with Gasteiger partial charge >= 0.3 is 79.2 Å².